The molecular formula is C69H124Cl8F3N7O18SSi3. The van der Waals surface area contributed by atoms with Crippen LogP contribution in [0.15, 0.2) is 25.3 Å². The third-order valence-electron chi connectivity index (χ3n) is 17.3. The number of aliphatic carboxylic acids is 1. The van der Waals surface area contributed by atoms with Gasteiger partial charge in [0.1, 0.15) is 49.0 Å². The minimum absolute atomic E-state index is 0.0351. The Morgan fingerprint density at radius 1 is 0.587 bits per heavy atom. The molecule has 0 spiro atoms. The van der Waals surface area contributed by atoms with Gasteiger partial charge in [-0.05, 0) is 161 Å². The van der Waals surface area contributed by atoms with E-state index in [1.54, 1.807) is 34.6 Å². The number of nitrogens with one attached hydrogen (secondary N) is 5. The summed E-state index contributed by atoms with van der Waals surface area (Å²) in [7, 11) is -12.2. The van der Waals surface area contributed by atoms with Crippen LogP contribution in [0.2, 0.25) is 55.9 Å². The van der Waals surface area contributed by atoms with Crippen LogP contribution >= 0.6 is 92.8 Å². The Balaban J connectivity index is -0.00000149. The van der Waals surface area contributed by atoms with Crippen LogP contribution in [0.4, 0.5) is 13.2 Å². The summed E-state index contributed by atoms with van der Waals surface area (Å²) in [6, 6.07) is -4.29. The molecule has 109 heavy (non-hydrogen) atoms. The first kappa shape index (κ1) is 110. The van der Waals surface area contributed by atoms with Gasteiger partial charge in [0.2, 0.25) is 33.6 Å². The Labute approximate surface area is 689 Å². The number of amides is 5. The quantitative estimate of drug-likeness (QED) is 0.00938. The molecule has 2 fully saturated rings. The molecule has 0 aromatic carbocycles. The number of carboxylic acid groups (broad SMARTS) is 1. The highest BCUT2D eigenvalue weighted by atomic mass is 35.6. The second-order valence-electron chi connectivity index (χ2n) is 32.1. The van der Waals surface area contributed by atoms with Crippen molar-refractivity contribution in [1.82, 2.24) is 36.8 Å². The summed E-state index contributed by atoms with van der Waals surface area (Å²) in [5, 5.41) is 20.3. The van der Waals surface area contributed by atoms with Crippen molar-refractivity contribution in [2.24, 2.45) is 29.6 Å². The lowest BCUT2D eigenvalue weighted by Gasteiger charge is -2.41. The van der Waals surface area contributed by atoms with Gasteiger partial charge in [-0.3, -0.25) is 53.2 Å². The van der Waals surface area contributed by atoms with Crippen LogP contribution in [-0.2, 0) is 80.2 Å². The summed E-state index contributed by atoms with van der Waals surface area (Å²) in [5.41, 5.74) is -0.320. The van der Waals surface area contributed by atoms with E-state index >= 15 is 0 Å². The molecule has 2 heterocycles. The lowest BCUT2D eigenvalue weighted by molar-refractivity contribution is -0.158. The number of alkyl halides is 11. The summed E-state index contributed by atoms with van der Waals surface area (Å²) < 4.78 is 84.4. The van der Waals surface area contributed by atoms with Gasteiger partial charge in [0.05, 0.1) is 41.7 Å². The highest BCUT2D eigenvalue weighted by molar-refractivity contribution is 7.88. The number of ether oxygens (including phenoxy) is 3. The fourth-order valence-electron chi connectivity index (χ4n) is 9.17. The maximum absolute atomic E-state index is 13.4. The van der Waals surface area contributed by atoms with Gasteiger partial charge in [-0.2, -0.15) is 21.6 Å². The lowest BCUT2D eigenvalue weighted by Crippen LogP contribution is -2.61. The Morgan fingerprint density at radius 2 is 0.945 bits per heavy atom. The van der Waals surface area contributed by atoms with Crippen molar-refractivity contribution in [1.29, 1.82) is 0 Å². The zero-order valence-electron chi connectivity index (χ0n) is 67.7. The van der Waals surface area contributed by atoms with Gasteiger partial charge in [-0.25, -0.2) is 10.9 Å². The first-order valence-corrected chi connectivity index (χ1v) is 49.7. The molecule has 0 saturated carbocycles. The molecule has 25 nitrogen and oxygen atoms in total. The normalized spacial score (nSPS) is 17.8. The van der Waals surface area contributed by atoms with E-state index in [-0.39, 0.29) is 51.8 Å². The van der Waals surface area contributed by atoms with Crippen molar-refractivity contribution in [2.75, 3.05) is 31.6 Å². The van der Waals surface area contributed by atoms with Crippen molar-refractivity contribution in [3.63, 3.8) is 0 Å². The molecule has 0 radical (unpaired) electrons. The standard InChI is InChI=1S/C29H51Cl3N4O6Si.C21H34Cl3N3O6.C14H28O3Si.C4H9F3O3SSi.CH2Cl2/c1-11-12-15-22(42-43(9,10)28(6,7)8)19(4)24(37)34-23(18(2)3)25(38)33-20(5)26(39)36-16-13-14-21(35-36)27(40)41-17-29(30,31)32;1-12(2)14(10-16(28)33-20(4,5)6)17(29)25-13(3)18(30)27-9-7-8-15(26-27)19(31)32-11-21(22,23)24;1-8-9-10-12(11(2)13(15)16)17-18(6,7)14(3,4)5;1-12(2,3)10-11(8,9)4(5,6)7;2-1-3/h11,18-23,35H,1,12-17H2,2-10H3,(H,33,38)(H,34,37);12-15,26H,7-11H2,1-6H3,(H,25,29);8,11-12H,1,9-10H2,2-7H3,(H,15,16);1-3H3;1H2/t19-,20+,21+,22-,23+;13-,14-,15-;11-,12-;;/m101../s1. The van der Waals surface area contributed by atoms with Gasteiger partial charge in [0.25, 0.3) is 11.8 Å². The molecule has 638 valence electrons. The fourth-order valence-corrected chi connectivity index (χ4v) is 15.4. The van der Waals surface area contributed by atoms with E-state index in [9.17, 15) is 64.7 Å². The van der Waals surface area contributed by atoms with Crippen LogP contribution in [0, 0.1) is 29.6 Å². The maximum Gasteiger partial charge on any atom is 0.522 e. The van der Waals surface area contributed by atoms with Crippen LogP contribution in [0.1, 0.15) is 175 Å². The molecule has 2 aliphatic rings. The number of halogens is 11. The summed E-state index contributed by atoms with van der Waals surface area (Å²) in [6.07, 6.45) is 7.75. The summed E-state index contributed by atoms with van der Waals surface area (Å²) in [5.74, 6) is -6.70. The average Bonchev–Trinajstić information content (AvgIpc) is 0.835. The van der Waals surface area contributed by atoms with Crippen molar-refractivity contribution in [3.8, 4) is 0 Å². The Bertz CT molecular complexity index is 3030. The van der Waals surface area contributed by atoms with Gasteiger partial charge >= 0.3 is 39.5 Å². The number of carbonyl (C=O) groups is 9. The molecule has 2 rings (SSSR count). The Morgan fingerprint density at radius 3 is 1.23 bits per heavy atom. The number of carbonyl (C=O) groups excluding carboxylic acids is 8. The van der Waals surface area contributed by atoms with E-state index < -0.39 is 162 Å². The number of allylic oxidation sites excluding steroid dienone is 2. The molecule has 2 saturated heterocycles. The number of carboxylic acids is 1. The Kier molecular flexibility index (Phi) is 49.3. The Hall–Kier alpha value is -2.78. The van der Waals surface area contributed by atoms with Crippen molar-refractivity contribution >= 4 is 181 Å². The first-order chi connectivity index (χ1) is 49.0. The number of hydrogen-bond acceptors (Lipinski definition) is 19. The van der Waals surface area contributed by atoms with Gasteiger partial charge in [-0.15, -0.1) is 36.4 Å². The molecular weight excluding hydrogens is 1670 g/mol. The molecule has 0 aliphatic carbocycles. The monoisotopic (exact) mass is 1790 g/mol. The number of esters is 3. The zero-order valence-corrected chi connectivity index (χ0v) is 77.6. The molecule has 10 atom stereocenters. The van der Waals surface area contributed by atoms with E-state index in [1.165, 1.54) is 36.6 Å². The topological polar surface area (TPSA) is 330 Å². The molecule has 0 aromatic heterocycles. The van der Waals surface area contributed by atoms with E-state index in [2.05, 4.69) is 112 Å². The van der Waals surface area contributed by atoms with Gasteiger partial charge in [0.15, 0.2) is 16.6 Å². The molecule has 40 heteroatoms. The van der Waals surface area contributed by atoms with Crippen LogP contribution in [-0.4, -0.2) is 195 Å². The zero-order chi connectivity index (χ0) is 86.4. The molecule has 0 unspecified atom stereocenters. The lowest BCUT2D eigenvalue weighted by atomic mass is 9.91. The summed E-state index contributed by atoms with van der Waals surface area (Å²) in [6.45, 7) is 52.1. The van der Waals surface area contributed by atoms with Crippen molar-refractivity contribution in [3.05, 3.63) is 25.3 Å². The fraction of sp³-hybridized carbons (Fsp3) is 0.812. The minimum Gasteiger partial charge on any atom is -0.481 e. The molecule has 2 aliphatic heterocycles. The van der Waals surface area contributed by atoms with Gasteiger partial charge in [0, 0.05) is 13.1 Å². The maximum atomic E-state index is 13.4. The second-order valence-corrected chi connectivity index (χ2v) is 53.7. The van der Waals surface area contributed by atoms with E-state index in [0.717, 1.165) is 12.8 Å². The largest absolute Gasteiger partial charge is 0.522 e. The van der Waals surface area contributed by atoms with E-state index in [1.807, 2.05) is 46.8 Å². The van der Waals surface area contributed by atoms with Crippen LogP contribution in [0.5, 0.6) is 0 Å². The minimum atomic E-state index is -5.39. The summed E-state index contributed by atoms with van der Waals surface area (Å²) in [4.78, 5) is 114. The highest BCUT2D eigenvalue weighted by Gasteiger charge is 2.50. The third kappa shape index (κ3) is 45.4. The number of rotatable bonds is 31. The average molecular weight is 1800 g/mol. The number of hydrazine groups is 2. The molecule has 6 N–H and O–H groups in total. The smallest absolute Gasteiger partial charge is 0.481 e. The van der Waals surface area contributed by atoms with Gasteiger partial charge < -0.3 is 48.0 Å². The third-order valence-corrected chi connectivity index (χ3v) is 30.4. The van der Waals surface area contributed by atoms with Crippen LogP contribution in [0.25, 0.3) is 0 Å². The summed E-state index contributed by atoms with van der Waals surface area (Å²) >= 11 is 43.3. The molecule has 5 amide bonds. The van der Waals surface area contributed by atoms with E-state index in [0.29, 0.717) is 51.6 Å². The SMILES string of the molecule is C=CCC[C@@H](O[Si](C)(C)C(C)(C)C)[C@@H](C)C(=O)N[C@H](C(=O)N[C@@H](C)C(=O)N1CCC[C@@H](C(=O)OCC(Cl)(Cl)Cl)N1)C(C)C.C=CCC[C@@H](O[Si](C)(C)C(C)(C)C)[C@@H](C)C(=O)O.CC(C)[C@H](CC(=O)OC(C)(C)C)C(=O)N[C@@H](C)C(=O)N1CCC[C@@H](C(=O)OCC(Cl)(Cl)Cl)N1.C[Si](C)(C)OS(=O)(=O)C(F)(F)F.ClCCl. The number of nitrogens with zero attached hydrogens (tertiary/aromatic N) is 2. The van der Waals surface area contributed by atoms with Crippen LogP contribution in [0.3, 0.4) is 0 Å². The second kappa shape index (κ2) is 48.7. The van der Waals surface area contributed by atoms with Gasteiger partial charge in [-0.1, -0.05) is 158 Å². The predicted octanol–water partition coefficient (Wildman–Crippen LogP) is 15.1. The molecule has 0 aromatic rings. The first-order valence-electron chi connectivity index (χ1n) is 35.7. The van der Waals surface area contributed by atoms with Crippen LogP contribution < -0.4 is 26.8 Å². The van der Waals surface area contributed by atoms with Crippen molar-refractivity contribution < 1.29 is 96.8 Å². The predicted molar refractivity (Wildman–Crippen MR) is 434 cm³/mol. The van der Waals surface area contributed by atoms with E-state index in [4.69, 9.17) is 121 Å². The highest BCUT2D eigenvalue weighted by Crippen LogP contribution is 2.40. The van der Waals surface area contributed by atoms with Crippen molar-refractivity contribution in [2.45, 2.75) is 293 Å². The number of hydrogen-bond donors (Lipinski definition) is 6. The molecule has 0 bridgehead atoms.